The van der Waals surface area contributed by atoms with Crippen molar-refractivity contribution in [2.45, 2.75) is 10.9 Å². The summed E-state index contributed by atoms with van der Waals surface area (Å²) in [7, 11) is -3.79. The molecule has 0 radical (unpaired) electrons. The van der Waals surface area contributed by atoms with Gasteiger partial charge in [0.2, 0.25) is 10.0 Å². The molecule has 0 aromatic carbocycles. The van der Waals surface area contributed by atoms with E-state index in [-0.39, 0.29) is 17.2 Å². The smallest absolute Gasteiger partial charge is 0.322 e. The number of carboxylic acid groups (broad SMARTS) is 1. The summed E-state index contributed by atoms with van der Waals surface area (Å²) >= 11 is 9.13. The first-order valence-corrected chi connectivity index (χ1v) is 10.1. The molecule has 1 aromatic rings. The molecule has 1 aliphatic heterocycles. The number of sulfonamides is 1. The van der Waals surface area contributed by atoms with E-state index in [0.29, 0.717) is 13.3 Å². The molecule has 1 saturated heterocycles. The molecular weight excluding hydrogens is 442 g/mol. The van der Waals surface area contributed by atoms with Crippen LogP contribution in [-0.2, 0) is 14.8 Å². The molecule has 0 bridgehead atoms. The molecule has 1 aromatic heterocycles. The van der Waals surface area contributed by atoms with Crippen molar-refractivity contribution in [3.63, 3.8) is 0 Å². The fourth-order valence-electron chi connectivity index (χ4n) is 1.70. The number of nitrogens with zero attached hydrogens (tertiary/aromatic N) is 1. The van der Waals surface area contributed by atoms with Gasteiger partial charge in [-0.05, 0) is 37.9 Å². The van der Waals surface area contributed by atoms with Crippen LogP contribution in [-0.4, -0.2) is 47.9 Å². The number of carboxylic acids is 1. The summed E-state index contributed by atoms with van der Waals surface area (Å²) in [6.07, 6.45) is 0. The summed E-state index contributed by atoms with van der Waals surface area (Å²) in [5.74, 6) is -0.232. The second-order valence-corrected chi connectivity index (χ2v) is 10.5. The van der Waals surface area contributed by atoms with Gasteiger partial charge in [0.1, 0.15) is 10.9 Å². The highest BCUT2D eigenvalue weighted by Gasteiger charge is 2.39. The largest absolute Gasteiger partial charge is 0.480 e. The van der Waals surface area contributed by atoms with E-state index in [0.717, 1.165) is 4.31 Å². The maximum atomic E-state index is 12.5. The molecule has 1 fully saturated rings. The maximum Gasteiger partial charge on any atom is 0.322 e. The predicted molar refractivity (Wildman–Crippen MR) is 82.4 cm³/mol. The topological polar surface area (TPSA) is 74.7 Å². The quantitative estimate of drug-likeness (QED) is 0.765. The number of thiophene rings is 1. The van der Waals surface area contributed by atoms with E-state index in [1.807, 2.05) is 0 Å². The minimum Gasteiger partial charge on any atom is -0.480 e. The van der Waals surface area contributed by atoms with Gasteiger partial charge in [-0.15, -0.1) is 11.3 Å². The lowest BCUT2D eigenvalue weighted by molar-refractivity contribution is -0.140. The number of hydrogen-bond acceptors (Lipinski definition) is 5. The zero-order chi connectivity index (χ0) is 14.2. The highest BCUT2D eigenvalue weighted by molar-refractivity contribution is 9.12. The normalized spacial score (nSPS) is 21.5. The van der Waals surface area contributed by atoms with Gasteiger partial charge < -0.3 is 5.11 Å². The van der Waals surface area contributed by atoms with E-state index in [1.165, 1.54) is 29.2 Å². The average molecular weight is 451 g/mol. The van der Waals surface area contributed by atoms with Crippen LogP contribution >= 0.6 is 55.0 Å². The standard InChI is InChI=1S/C9H9Br2NO4S3/c10-7-3-6(8(11)18-7)19(15,16)12-1-2-17-4-5(12)9(13)14/h3,5H,1-2,4H2,(H,13,14). The fourth-order valence-corrected chi connectivity index (χ4v) is 8.29. The highest BCUT2D eigenvalue weighted by atomic mass is 79.9. The van der Waals surface area contributed by atoms with E-state index >= 15 is 0 Å². The van der Waals surface area contributed by atoms with Crippen LogP contribution in [0.5, 0.6) is 0 Å². The molecule has 106 valence electrons. The first-order valence-electron chi connectivity index (χ1n) is 5.11. The molecule has 0 aliphatic carbocycles. The van der Waals surface area contributed by atoms with Gasteiger partial charge in [-0.25, -0.2) is 8.42 Å². The number of carbonyl (C=O) groups is 1. The molecule has 0 saturated carbocycles. The molecular formula is C9H9Br2NO4S3. The van der Waals surface area contributed by atoms with Crippen molar-refractivity contribution in [1.29, 1.82) is 0 Å². The van der Waals surface area contributed by atoms with Gasteiger partial charge in [-0.3, -0.25) is 4.79 Å². The van der Waals surface area contributed by atoms with Crippen LogP contribution in [0.3, 0.4) is 0 Å². The Kier molecular flexibility index (Phi) is 5.00. The number of halogens is 2. The van der Waals surface area contributed by atoms with E-state index in [9.17, 15) is 13.2 Å². The Morgan fingerprint density at radius 2 is 2.16 bits per heavy atom. The van der Waals surface area contributed by atoms with Crippen LogP contribution in [0.4, 0.5) is 0 Å². The minimum atomic E-state index is -3.79. The Bertz CT molecular complexity index is 601. The van der Waals surface area contributed by atoms with Gasteiger partial charge in [0.25, 0.3) is 0 Å². The monoisotopic (exact) mass is 449 g/mol. The van der Waals surface area contributed by atoms with Gasteiger partial charge in [-0.1, -0.05) is 0 Å². The van der Waals surface area contributed by atoms with E-state index < -0.39 is 22.0 Å². The van der Waals surface area contributed by atoms with Crippen LogP contribution in [0.2, 0.25) is 0 Å². The summed E-state index contributed by atoms with van der Waals surface area (Å²) in [5, 5.41) is 9.16. The Hall–Kier alpha value is 0.390. The first kappa shape index (κ1) is 15.8. The number of rotatable bonds is 3. The van der Waals surface area contributed by atoms with Crippen molar-refractivity contribution < 1.29 is 18.3 Å². The molecule has 1 atom stereocenters. The molecule has 0 spiro atoms. The van der Waals surface area contributed by atoms with Gasteiger partial charge in [-0.2, -0.15) is 16.1 Å². The van der Waals surface area contributed by atoms with Crippen molar-refractivity contribution in [2.24, 2.45) is 0 Å². The summed E-state index contributed by atoms with van der Waals surface area (Å²) < 4.78 is 27.3. The third-order valence-electron chi connectivity index (χ3n) is 2.58. The zero-order valence-electron chi connectivity index (χ0n) is 9.38. The molecule has 0 amide bonds. The lowest BCUT2D eigenvalue weighted by Gasteiger charge is -2.31. The van der Waals surface area contributed by atoms with Crippen LogP contribution in [0.15, 0.2) is 18.5 Å². The summed E-state index contributed by atoms with van der Waals surface area (Å²) in [5.41, 5.74) is 0. The molecule has 5 nitrogen and oxygen atoms in total. The number of hydrogen-bond donors (Lipinski definition) is 1. The summed E-state index contributed by atoms with van der Waals surface area (Å²) in [4.78, 5) is 11.3. The van der Waals surface area contributed by atoms with Crippen molar-refractivity contribution in [2.75, 3.05) is 18.1 Å². The Morgan fingerprint density at radius 3 is 2.68 bits per heavy atom. The minimum absolute atomic E-state index is 0.113. The molecule has 10 heteroatoms. The predicted octanol–water partition coefficient (Wildman–Crippen LogP) is 2.46. The molecule has 1 aliphatic rings. The lowest BCUT2D eigenvalue weighted by Crippen LogP contribution is -2.50. The number of aliphatic carboxylic acids is 1. The second-order valence-electron chi connectivity index (χ2n) is 3.73. The van der Waals surface area contributed by atoms with Crippen molar-refractivity contribution in [1.82, 2.24) is 4.31 Å². The maximum absolute atomic E-state index is 12.5. The van der Waals surface area contributed by atoms with Crippen LogP contribution in [0.25, 0.3) is 0 Å². The summed E-state index contributed by atoms with van der Waals surface area (Å²) in [6.45, 7) is 0.212. The molecule has 1 unspecified atom stereocenters. The SMILES string of the molecule is O=C(O)C1CSCCN1S(=O)(=O)c1cc(Br)sc1Br. The lowest BCUT2D eigenvalue weighted by atomic mass is 10.3. The Labute approximate surface area is 135 Å². The zero-order valence-corrected chi connectivity index (χ0v) is 15.0. The van der Waals surface area contributed by atoms with Crippen molar-refractivity contribution in [3.8, 4) is 0 Å². The van der Waals surface area contributed by atoms with E-state index in [4.69, 9.17) is 5.11 Å². The van der Waals surface area contributed by atoms with Crippen LogP contribution in [0, 0.1) is 0 Å². The van der Waals surface area contributed by atoms with Crippen molar-refractivity contribution in [3.05, 3.63) is 13.6 Å². The van der Waals surface area contributed by atoms with Gasteiger partial charge in [0, 0.05) is 18.1 Å². The van der Waals surface area contributed by atoms with Gasteiger partial charge in [0.15, 0.2) is 0 Å². The fraction of sp³-hybridized carbons (Fsp3) is 0.444. The first-order chi connectivity index (χ1) is 8.84. The summed E-state index contributed by atoms with van der Waals surface area (Å²) in [6, 6.07) is 0.486. The Balaban J connectivity index is 2.43. The second kappa shape index (κ2) is 6.02. The van der Waals surface area contributed by atoms with E-state index in [2.05, 4.69) is 31.9 Å². The van der Waals surface area contributed by atoms with Gasteiger partial charge >= 0.3 is 5.97 Å². The van der Waals surface area contributed by atoms with E-state index in [1.54, 1.807) is 0 Å². The molecule has 2 heterocycles. The third-order valence-corrected chi connectivity index (χ3v) is 8.26. The highest BCUT2D eigenvalue weighted by Crippen LogP contribution is 2.37. The van der Waals surface area contributed by atoms with Crippen LogP contribution in [0.1, 0.15) is 0 Å². The Morgan fingerprint density at radius 1 is 1.47 bits per heavy atom. The van der Waals surface area contributed by atoms with Crippen molar-refractivity contribution >= 4 is 71.0 Å². The molecule has 2 rings (SSSR count). The average Bonchev–Trinajstić information content (AvgIpc) is 2.69. The number of thioether (sulfide) groups is 1. The van der Waals surface area contributed by atoms with Gasteiger partial charge in [0.05, 0.1) is 7.57 Å². The third kappa shape index (κ3) is 3.18. The molecule has 1 N–H and O–H groups in total. The molecule has 19 heavy (non-hydrogen) atoms. The van der Waals surface area contributed by atoms with Crippen LogP contribution < -0.4 is 0 Å².